The van der Waals surface area contributed by atoms with Crippen LogP contribution in [0, 0.1) is 0 Å². The Balaban J connectivity index is 1.73. The van der Waals surface area contributed by atoms with E-state index in [0.29, 0.717) is 21.5 Å². The van der Waals surface area contributed by atoms with Gasteiger partial charge in [0.2, 0.25) is 0 Å². The molecule has 0 bridgehead atoms. The van der Waals surface area contributed by atoms with Crippen LogP contribution in [0.4, 0.5) is 5.69 Å². The van der Waals surface area contributed by atoms with Crippen molar-refractivity contribution in [2.24, 2.45) is 4.99 Å². The first-order valence-corrected chi connectivity index (χ1v) is 10.6. The predicted octanol–water partition coefficient (Wildman–Crippen LogP) is 4.91. The molecule has 0 saturated carbocycles. The van der Waals surface area contributed by atoms with Gasteiger partial charge in [0.1, 0.15) is 11.5 Å². The Kier molecular flexibility index (Phi) is 5.62. The smallest absolute Gasteiger partial charge is 0.271 e. The molecule has 0 aromatic heterocycles. The fourth-order valence-corrected chi connectivity index (χ4v) is 4.54. The number of aliphatic imine (C=N–C) groups is 1. The second-order valence-corrected chi connectivity index (χ2v) is 8.26. The molecule has 2 aliphatic heterocycles. The first-order valence-electron chi connectivity index (χ1n) is 9.77. The topological polar surface area (TPSA) is 51.1 Å². The zero-order valence-electron chi connectivity index (χ0n) is 16.8. The standard InChI is InChI=1S/C23H24N2O3S/c1-15(2)24-23-25(18-8-4-5-9-20(18)27-3)22(26)21(29-23)14-16-10-11-19-17(13-16)7-6-12-28-19/h4-5,8-11,13-15H,6-7,12H2,1-3H3/b21-14-,24-23?. The van der Waals surface area contributed by atoms with E-state index in [0.717, 1.165) is 30.8 Å². The number of anilines is 1. The van der Waals surface area contributed by atoms with Gasteiger partial charge in [-0.15, -0.1) is 0 Å². The third-order valence-electron chi connectivity index (χ3n) is 4.73. The average Bonchev–Trinajstić information content (AvgIpc) is 3.01. The molecular formula is C23H24N2O3S. The molecule has 0 atom stereocenters. The third kappa shape index (κ3) is 4.03. The van der Waals surface area contributed by atoms with Crippen molar-refractivity contribution in [3.8, 4) is 11.5 Å². The van der Waals surface area contributed by atoms with Crippen LogP contribution in [-0.4, -0.2) is 30.8 Å². The van der Waals surface area contributed by atoms with Gasteiger partial charge >= 0.3 is 0 Å². The van der Waals surface area contributed by atoms with Crippen molar-refractivity contribution in [3.05, 3.63) is 58.5 Å². The molecule has 0 aliphatic carbocycles. The van der Waals surface area contributed by atoms with E-state index in [1.165, 1.54) is 17.3 Å². The average molecular weight is 409 g/mol. The highest BCUT2D eigenvalue weighted by Gasteiger charge is 2.36. The number of rotatable bonds is 4. The van der Waals surface area contributed by atoms with E-state index in [2.05, 4.69) is 6.07 Å². The van der Waals surface area contributed by atoms with E-state index in [-0.39, 0.29) is 11.9 Å². The number of hydrogen-bond donors (Lipinski definition) is 0. The van der Waals surface area contributed by atoms with Crippen LogP contribution in [0.3, 0.4) is 0 Å². The summed E-state index contributed by atoms with van der Waals surface area (Å²) in [4.78, 5) is 20.3. The number of benzene rings is 2. The Bertz CT molecular complexity index is 997. The summed E-state index contributed by atoms with van der Waals surface area (Å²) in [5.41, 5.74) is 2.89. The maximum atomic E-state index is 13.3. The molecule has 2 heterocycles. The molecule has 2 aromatic carbocycles. The quantitative estimate of drug-likeness (QED) is 0.675. The van der Waals surface area contributed by atoms with Crippen LogP contribution in [-0.2, 0) is 11.2 Å². The number of hydrogen-bond acceptors (Lipinski definition) is 5. The number of carbonyl (C=O) groups is 1. The number of aryl methyl sites for hydroxylation is 1. The molecule has 0 unspecified atom stereocenters. The van der Waals surface area contributed by atoms with Gasteiger partial charge in [-0.2, -0.15) is 0 Å². The summed E-state index contributed by atoms with van der Waals surface area (Å²) in [6, 6.07) is 13.7. The van der Waals surface area contributed by atoms with Crippen LogP contribution in [0.1, 0.15) is 31.4 Å². The van der Waals surface area contributed by atoms with E-state index in [9.17, 15) is 4.79 Å². The minimum atomic E-state index is -0.0899. The van der Waals surface area contributed by atoms with E-state index < -0.39 is 0 Å². The van der Waals surface area contributed by atoms with E-state index in [4.69, 9.17) is 14.5 Å². The minimum absolute atomic E-state index is 0.0720. The van der Waals surface area contributed by atoms with Crippen LogP contribution < -0.4 is 14.4 Å². The molecule has 1 fully saturated rings. The van der Waals surface area contributed by atoms with Crippen molar-refractivity contribution in [1.29, 1.82) is 0 Å². The SMILES string of the molecule is COc1ccccc1N1C(=O)/C(=C/c2ccc3c(c2)CCCO3)SC1=NC(C)C. The number of ether oxygens (including phenoxy) is 2. The van der Waals surface area contributed by atoms with Gasteiger partial charge in [-0.3, -0.25) is 14.7 Å². The Morgan fingerprint density at radius 2 is 2.07 bits per heavy atom. The van der Waals surface area contributed by atoms with E-state index in [1.807, 2.05) is 56.3 Å². The maximum Gasteiger partial charge on any atom is 0.271 e. The second kappa shape index (κ2) is 8.33. The van der Waals surface area contributed by atoms with Crippen LogP contribution in [0.2, 0.25) is 0 Å². The number of fused-ring (bicyclic) bond motifs is 1. The van der Waals surface area contributed by atoms with Crippen molar-refractivity contribution in [2.45, 2.75) is 32.7 Å². The Hall–Kier alpha value is -2.73. The monoisotopic (exact) mass is 408 g/mol. The largest absolute Gasteiger partial charge is 0.495 e. The van der Waals surface area contributed by atoms with Gasteiger partial charge in [-0.05, 0) is 79.9 Å². The maximum absolute atomic E-state index is 13.3. The number of thioether (sulfide) groups is 1. The van der Waals surface area contributed by atoms with Gasteiger partial charge in [0, 0.05) is 6.04 Å². The molecule has 0 spiro atoms. The summed E-state index contributed by atoms with van der Waals surface area (Å²) in [7, 11) is 1.61. The van der Waals surface area contributed by atoms with Crippen molar-refractivity contribution < 1.29 is 14.3 Å². The van der Waals surface area contributed by atoms with Crippen LogP contribution in [0.25, 0.3) is 6.08 Å². The Morgan fingerprint density at radius 1 is 1.24 bits per heavy atom. The number of nitrogens with zero attached hydrogens (tertiary/aromatic N) is 2. The normalized spacial score (nSPS) is 19.0. The number of amides is 1. The summed E-state index contributed by atoms with van der Waals surface area (Å²) in [6.45, 7) is 4.78. The third-order valence-corrected chi connectivity index (χ3v) is 5.71. The first kappa shape index (κ1) is 19.6. The molecule has 1 saturated heterocycles. The number of carbonyl (C=O) groups excluding carboxylic acids is 1. The zero-order valence-corrected chi connectivity index (χ0v) is 17.7. The molecule has 6 heteroatoms. The Labute approximate surface area is 175 Å². The lowest BCUT2D eigenvalue weighted by Gasteiger charge is -2.19. The molecule has 0 N–H and O–H groups in total. The molecule has 2 aliphatic rings. The molecule has 150 valence electrons. The first-order chi connectivity index (χ1) is 14.1. The van der Waals surface area contributed by atoms with E-state index in [1.54, 1.807) is 12.0 Å². The lowest BCUT2D eigenvalue weighted by molar-refractivity contribution is -0.113. The van der Waals surface area contributed by atoms with Gasteiger partial charge in [-0.25, -0.2) is 0 Å². The molecule has 29 heavy (non-hydrogen) atoms. The van der Waals surface area contributed by atoms with Gasteiger partial charge in [0.15, 0.2) is 5.17 Å². The summed E-state index contributed by atoms with van der Waals surface area (Å²) in [5.74, 6) is 1.50. The van der Waals surface area contributed by atoms with Crippen LogP contribution in [0.5, 0.6) is 11.5 Å². The fraction of sp³-hybridized carbons (Fsp3) is 0.304. The highest BCUT2D eigenvalue weighted by molar-refractivity contribution is 8.19. The summed E-state index contributed by atoms with van der Waals surface area (Å²) >= 11 is 1.40. The van der Waals surface area contributed by atoms with Crippen molar-refractivity contribution in [3.63, 3.8) is 0 Å². The molecule has 0 radical (unpaired) electrons. The summed E-state index contributed by atoms with van der Waals surface area (Å²) in [6.07, 6.45) is 3.96. The molecule has 2 aromatic rings. The van der Waals surface area contributed by atoms with Gasteiger partial charge in [0.05, 0.1) is 24.3 Å². The highest BCUT2D eigenvalue weighted by atomic mass is 32.2. The minimum Gasteiger partial charge on any atom is -0.495 e. The van der Waals surface area contributed by atoms with Crippen LogP contribution in [0.15, 0.2) is 52.4 Å². The number of amidine groups is 1. The highest BCUT2D eigenvalue weighted by Crippen LogP contribution is 2.40. The molecule has 5 nitrogen and oxygen atoms in total. The van der Waals surface area contributed by atoms with Crippen molar-refractivity contribution >= 4 is 34.6 Å². The second-order valence-electron chi connectivity index (χ2n) is 7.25. The summed E-state index contributed by atoms with van der Waals surface area (Å²) < 4.78 is 11.2. The molecule has 4 rings (SSSR count). The summed E-state index contributed by atoms with van der Waals surface area (Å²) in [5, 5.41) is 0.669. The van der Waals surface area contributed by atoms with Gasteiger partial charge in [-0.1, -0.05) is 18.2 Å². The van der Waals surface area contributed by atoms with Gasteiger partial charge in [0.25, 0.3) is 5.91 Å². The number of methoxy groups -OCH3 is 1. The van der Waals surface area contributed by atoms with Gasteiger partial charge < -0.3 is 9.47 Å². The lowest BCUT2D eigenvalue weighted by Crippen LogP contribution is -2.29. The van der Waals surface area contributed by atoms with E-state index >= 15 is 0 Å². The van der Waals surface area contributed by atoms with Crippen molar-refractivity contribution in [1.82, 2.24) is 0 Å². The van der Waals surface area contributed by atoms with Crippen molar-refractivity contribution in [2.75, 3.05) is 18.6 Å². The number of para-hydroxylation sites is 2. The Morgan fingerprint density at radius 3 is 2.86 bits per heavy atom. The molecule has 1 amide bonds. The lowest BCUT2D eigenvalue weighted by atomic mass is 10.0. The predicted molar refractivity (Wildman–Crippen MR) is 119 cm³/mol. The molecular weight excluding hydrogens is 384 g/mol. The fourth-order valence-electron chi connectivity index (χ4n) is 3.43. The zero-order chi connectivity index (χ0) is 20.4. The van der Waals surface area contributed by atoms with Crippen LogP contribution >= 0.6 is 11.8 Å².